The molecule has 5 heteroatoms. The molecule has 0 atom stereocenters. The summed E-state index contributed by atoms with van der Waals surface area (Å²) in [5.74, 6) is -1.10. The molecule has 0 aliphatic carbocycles. The zero-order valence-corrected chi connectivity index (χ0v) is 9.08. The van der Waals surface area contributed by atoms with E-state index in [-0.39, 0.29) is 16.2 Å². The van der Waals surface area contributed by atoms with Crippen molar-refractivity contribution in [3.05, 3.63) is 40.9 Å². The number of carbonyl (C=O) groups is 1. The maximum Gasteiger partial charge on any atom is 0.356 e. The minimum atomic E-state index is -0.646. The van der Waals surface area contributed by atoms with E-state index in [1.54, 1.807) is 6.07 Å². The predicted molar refractivity (Wildman–Crippen MR) is 58.1 cm³/mol. The van der Waals surface area contributed by atoms with Crippen LogP contribution in [0.3, 0.4) is 0 Å². The molecule has 3 nitrogen and oxygen atoms in total. The molecule has 0 aliphatic heterocycles. The normalized spacial score (nSPS) is 10.4. The molecule has 2 rings (SSSR count). The average molecular weight is 240 g/mol. The summed E-state index contributed by atoms with van der Waals surface area (Å²) < 4.78 is 18.0. The van der Waals surface area contributed by atoms with Crippen molar-refractivity contribution >= 4 is 28.3 Å². The Hall–Kier alpha value is -1.68. The fraction of sp³-hybridized carbons (Fsp3) is 0.0909. The molecule has 0 spiro atoms. The largest absolute Gasteiger partial charge is 0.464 e. The van der Waals surface area contributed by atoms with Gasteiger partial charge >= 0.3 is 5.97 Å². The third-order valence-electron chi connectivity index (χ3n) is 2.17. The molecule has 0 unspecified atom stereocenters. The van der Waals surface area contributed by atoms with Crippen LogP contribution in [0.4, 0.5) is 4.39 Å². The van der Waals surface area contributed by atoms with Gasteiger partial charge in [0, 0.05) is 10.8 Å². The number of rotatable bonds is 1. The molecule has 1 heterocycles. The Morgan fingerprint density at radius 2 is 2.19 bits per heavy atom. The monoisotopic (exact) mass is 239 g/mol. The molecule has 0 fully saturated rings. The number of pyridine rings is 1. The van der Waals surface area contributed by atoms with Crippen LogP contribution in [0.2, 0.25) is 5.15 Å². The van der Waals surface area contributed by atoms with E-state index in [1.807, 2.05) is 0 Å². The lowest BCUT2D eigenvalue weighted by Gasteiger charge is -2.04. The lowest BCUT2D eigenvalue weighted by atomic mass is 10.1. The van der Waals surface area contributed by atoms with Crippen molar-refractivity contribution in [1.82, 2.24) is 4.98 Å². The zero-order valence-electron chi connectivity index (χ0n) is 8.33. The van der Waals surface area contributed by atoms with Crippen LogP contribution in [0.1, 0.15) is 10.5 Å². The second-order valence-corrected chi connectivity index (χ2v) is 3.48. The lowest BCUT2D eigenvalue weighted by molar-refractivity contribution is 0.0594. The van der Waals surface area contributed by atoms with Crippen molar-refractivity contribution in [3.8, 4) is 0 Å². The molecule has 0 saturated carbocycles. The quantitative estimate of drug-likeness (QED) is 0.567. The van der Waals surface area contributed by atoms with Gasteiger partial charge in [0.1, 0.15) is 11.0 Å². The molecular formula is C11H7ClFNO2. The van der Waals surface area contributed by atoms with Crippen molar-refractivity contribution in [3.63, 3.8) is 0 Å². The zero-order chi connectivity index (χ0) is 11.7. The molecule has 16 heavy (non-hydrogen) atoms. The lowest BCUT2D eigenvalue weighted by Crippen LogP contribution is -2.04. The van der Waals surface area contributed by atoms with Crippen LogP contribution in [0, 0.1) is 5.82 Å². The van der Waals surface area contributed by atoms with Crippen molar-refractivity contribution in [2.45, 2.75) is 0 Å². The van der Waals surface area contributed by atoms with Gasteiger partial charge in [-0.3, -0.25) is 0 Å². The number of halogens is 2. The summed E-state index contributed by atoms with van der Waals surface area (Å²) in [5, 5.41) is 0.801. The van der Waals surface area contributed by atoms with Crippen LogP contribution >= 0.6 is 11.6 Å². The van der Waals surface area contributed by atoms with Gasteiger partial charge in [-0.05, 0) is 12.1 Å². The van der Waals surface area contributed by atoms with Gasteiger partial charge in [-0.25, -0.2) is 14.2 Å². The Bertz CT molecular complexity index is 571. The highest BCUT2D eigenvalue weighted by atomic mass is 35.5. The summed E-state index contributed by atoms with van der Waals surface area (Å²) in [4.78, 5) is 15.1. The fourth-order valence-corrected chi connectivity index (χ4v) is 1.66. The van der Waals surface area contributed by atoms with Gasteiger partial charge in [0.25, 0.3) is 0 Å². The molecule has 0 bridgehead atoms. The first-order valence-corrected chi connectivity index (χ1v) is 4.84. The Kier molecular flexibility index (Phi) is 2.75. The van der Waals surface area contributed by atoms with E-state index >= 15 is 0 Å². The molecule has 82 valence electrons. The summed E-state index contributed by atoms with van der Waals surface area (Å²) >= 11 is 5.85. The maximum absolute atomic E-state index is 13.5. The molecule has 2 aromatic rings. The third kappa shape index (κ3) is 1.72. The highest BCUT2D eigenvalue weighted by molar-refractivity contribution is 6.34. The minimum absolute atomic E-state index is 0.00917. The standard InChI is InChI=1S/C11H7ClFNO2/c1-16-11(15)9-5-7-6(10(12)14-9)3-2-4-8(7)13/h2-5H,1H3. The summed E-state index contributed by atoms with van der Waals surface area (Å²) in [6.07, 6.45) is 0. The van der Waals surface area contributed by atoms with Gasteiger partial charge in [-0.15, -0.1) is 0 Å². The van der Waals surface area contributed by atoms with E-state index in [2.05, 4.69) is 9.72 Å². The maximum atomic E-state index is 13.5. The van der Waals surface area contributed by atoms with E-state index in [0.29, 0.717) is 5.39 Å². The number of benzene rings is 1. The van der Waals surface area contributed by atoms with Gasteiger partial charge in [-0.1, -0.05) is 23.7 Å². The first kappa shape index (κ1) is 10.8. The van der Waals surface area contributed by atoms with E-state index in [0.717, 1.165) is 0 Å². The Labute approximate surface area is 95.8 Å². The number of ether oxygens (including phenoxy) is 1. The highest BCUT2D eigenvalue weighted by Crippen LogP contribution is 2.24. The van der Waals surface area contributed by atoms with Gasteiger partial charge in [0.15, 0.2) is 5.69 Å². The van der Waals surface area contributed by atoms with Crippen LogP contribution in [0.5, 0.6) is 0 Å². The number of fused-ring (bicyclic) bond motifs is 1. The van der Waals surface area contributed by atoms with E-state index in [4.69, 9.17) is 11.6 Å². The Morgan fingerprint density at radius 1 is 1.44 bits per heavy atom. The fourth-order valence-electron chi connectivity index (χ4n) is 1.41. The highest BCUT2D eigenvalue weighted by Gasteiger charge is 2.13. The Balaban J connectivity index is 2.75. The number of aromatic nitrogens is 1. The molecular weight excluding hydrogens is 233 g/mol. The van der Waals surface area contributed by atoms with Gasteiger partial charge in [0.05, 0.1) is 7.11 Å². The van der Waals surface area contributed by atoms with E-state index < -0.39 is 11.8 Å². The van der Waals surface area contributed by atoms with Gasteiger partial charge in [-0.2, -0.15) is 0 Å². The average Bonchev–Trinajstić information content (AvgIpc) is 2.29. The summed E-state index contributed by atoms with van der Waals surface area (Å²) in [6, 6.07) is 5.78. The van der Waals surface area contributed by atoms with Crippen molar-refractivity contribution in [2.75, 3.05) is 7.11 Å². The smallest absolute Gasteiger partial charge is 0.356 e. The van der Waals surface area contributed by atoms with Gasteiger partial charge < -0.3 is 4.74 Å². The van der Waals surface area contributed by atoms with Crippen molar-refractivity contribution < 1.29 is 13.9 Å². The molecule has 0 N–H and O–H groups in total. The van der Waals surface area contributed by atoms with E-state index in [9.17, 15) is 9.18 Å². The second-order valence-electron chi connectivity index (χ2n) is 3.12. The number of esters is 1. The van der Waals surface area contributed by atoms with Crippen molar-refractivity contribution in [2.24, 2.45) is 0 Å². The molecule has 0 radical (unpaired) electrons. The number of carbonyl (C=O) groups excluding carboxylic acids is 1. The number of methoxy groups -OCH3 is 1. The second kappa shape index (κ2) is 4.06. The number of nitrogens with zero attached hydrogens (tertiary/aromatic N) is 1. The summed E-state index contributed by atoms with van der Waals surface area (Å²) in [5.41, 5.74) is -0.00917. The first-order chi connectivity index (χ1) is 7.63. The van der Waals surface area contributed by atoms with Crippen LogP contribution in [-0.2, 0) is 4.74 Å². The molecule has 0 amide bonds. The molecule has 1 aromatic carbocycles. The molecule has 1 aromatic heterocycles. The molecule has 0 aliphatic rings. The number of hydrogen-bond acceptors (Lipinski definition) is 3. The van der Waals surface area contributed by atoms with Crippen LogP contribution in [0.25, 0.3) is 10.8 Å². The van der Waals surface area contributed by atoms with Crippen LogP contribution < -0.4 is 0 Å². The minimum Gasteiger partial charge on any atom is -0.464 e. The summed E-state index contributed by atoms with van der Waals surface area (Å²) in [7, 11) is 1.23. The van der Waals surface area contributed by atoms with E-state index in [1.165, 1.54) is 25.3 Å². The van der Waals surface area contributed by atoms with Crippen LogP contribution in [-0.4, -0.2) is 18.1 Å². The topological polar surface area (TPSA) is 39.2 Å². The number of hydrogen-bond donors (Lipinski definition) is 0. The Morgan fingerprint density at radius 3 is 2.88 bits per heavy atom. The predicted octanol–water partition coefficient (Wildman–Crippen LogP) is 2.81. The molecule has 0 saturated heterocycles. The third-order valence-corrected chi connectivity index (χ3v) is 2.46. The first-order valence-electron chi connectivity index (χ1n) is 4.46. The van der Waals surface area contributed by atoms with Crippen molar-refractivity contribution in [1.29, 1.82) is 0 Å². The summed E-state index contributed by atoms with van der Waals surface area (Å²) in [6.45, 7) is 0. The van der Waals surface area contributed by atoms with Crippen LogP contribution in [0.15, 0.2) is 24.3 Å². The van der Waals surface area contributed by atoms with Gasteiger partial charge in [0.2, 0.25) is 0 Å². The SMILES string of the molecule is COC(=O)c1cc2c(F)cccc2c(Cl)n1.